The maximum Gasteiger partial charge on any atom is 0.434 e. The van der Waals surface area contributed by atoms with Gasteiger partial charge in [-0.3, -0.25) is 0 Å². The first-order chi connectivity index (χ1) is 32.2. The zero-order valence-electron chi connectivity index (χ0n) is 35.4. The Balaban J connectivity index is 0.944. The highest BCUT2D eigenvalue weighted by Gasteiger charge is 2.43. The maximum absolute atomic E-state index is 7.11. The second kappa shape index (κ2) is 15.0. The van der Waals surface area contributed by atoms with Crippen molar-refractivity contribution in [1.82, 2.24) is 4.57 Å². The summed E-state index contributed by atoms with van der Waals surface area (Å²) in [5.41, 5.74) is 12.2. The van der Waals surface area contributed by atoms with Crippen LogP contribution in [0.5, 0.6) is 17.2 Å². The van der Waals surface area contributed by atoms with E-state index in [1.54, 1.807) is 0 Å². The van der Waals surface area contributed by atoms with Gasteiger partial charge in [-0.2, -0.15) is 0 Å². The molecule has 0 aliphatic carbocycles. The van der Waals surface area contributed by atoms with Crippen molar-refractivity contribution < 1.29 is 9.39 Å². The van der Waals surface area contributed by atoms with Gasteiger partial charge in [0.15, 0.2) is 8.07 Å². The second-order valence-electron chi connectivity index (χ2n) is 17.1. The van der Waals surface area contributed by atoms with Crippen LogP contribution in [-0.4, -0.2) is 19.6 Å². The number of aromatic nitrogens is 1. The fourth-order valence-corrected chi connectivity index (χ4v) is 15.5. The molecule has 0 saturated heterocycles. The largest absolute Gasteiger partial charge is 0.551 e. The number of hydrogen-bond acceptors (Lipinski definition) is 2. The van der Waals surface area contributed by atoms with Crippen molar-refractivity contribution in [3.63, 3.8) is 0 Å². The van der Waals surface area contributed by atoms with E-state index in [-0.39, 0.29) is 6.92 Å². The minimum absolute atomic E-state index is 0.314. The Bertz CT molecular complexity index is 3470. The lowest BCUT2D eigenvalue weighted by Crippen LogP contribution is -2.74. The molecule has 10 aromatic carbocycles. The van der Waals surface area contributed by atoms with E-state index < -0.39 is 8.07 Å². The molecule has 0 radical (unpaired) electrons. The first-order valence-corrected chi connectivity index (χ1v) is 24.3. The minimum Gasteiger partial charge on any atom is -0.551 e. The van der Waals surface area contributed by atoms with Crippen LogP contribution in [0, 0.1) is 0 Å². The van der Waals surface area contributed by atoms with Gasteiger partial charge >= 0.3 is 6.92 Å². The van der Waals surface area contributed by atoms with E-state index in [4.69, 9.17) is 9.39 Å². The standard InChI is InChI=1S/C60H40BNO2Si/c1-4-21-46(22-5-1)65(47-23-6-2-7-24-47,48-25-8-3-9-26-48)49-27-17-19-42(37-49)43-34-35-54-58(39-43)63-59-40-44(38-53-52-30-12-15-33-57(52)64-61(54)60(53)59)41-18-16-20-45(36-41)62-55-31-13-10-28-50(55)51-29-11-14-32-56(51)62/h1-40H. The fraction of sp³-hybridized carbons (Fsp3) is 0. The summed E-state index contributed by atoms with van der Waals surface area (Å²) in [6.45, 7) is -0.314. The zero-order chi connectivity index (χ0) is 42.9. The quantitative estimate of drug-likeness (QED) is 0.118. The van der Waals surface area contributed by atoms with Gasteiger partial charge in [-0.1, -0.05) is 194 Å². The lowest BCUT2D eigenvalue weighted by atomic mass is 9.50. The van der Waals surface area contributed by atoms with E-state index >= 15 is 0 Å². The molecule has 1 aromatic heterocycles. The first-order valence-electron chi connectivity index (χ1n) is 22.3. The van der Waals surface area contributed by atoms with Crippen molar-refractivity contribution in [2.45, 2.75) is 0 Å². The van der Waals surface area contributed by atoms with Gasteiger partial charge in [0.05, 0.1) is 11.0 Å². The van der Waals surface area contributed by atoms with Crippen molar-refractivity contribution >= 4 is 68.5 Å². The Morgan fingerprint density at radius 2 is 0.892 bits per heavy atom. The van der Waals surface area contributed by atoms with Crippen molar-refractivity contribution in [2.75, 3.05) is 0 Å². The average Bonchev–Trinajstić information content (AvgIpc) is 3.72. The number of nitrogens with zero attached hydrogens (tertiary/aromatic N) is 1. The van der Waals surface area contributed by atoms with Gasteiger partial charge < -0.3 is 14.0 Å². The Morgan fingerprint density at radius 1 is 0.354 bits per heavy atom. The van der Waals surface area contributed by atoms with E-state index in [9.17, 15) is 0 Å². The van der Waals surface area contributed by atoms with Crippen molar-refractivity contribution in [3.8, 4) is 56.3 Å². The van der Waals surface area contributed by atoms with Crippen LogP contribution >= 0.6 is 0 Å². The summed E-state index contributed by atoms with van der Waals surface area (Å²) >= 11 is 0. The number of hydrogen-bond donors (Lipinski definition) is 0. The normalized spacial score (nSPS) is 12.5. The van der Waals surface area contributed by atoms with Crippen LogP contribution in [0.1, 0.15) is 0 Å². The van der Waals surface area contributed by atoms with E-state index in [0.717, 1.165) is 67.2 Å². The summed E-state index contributed by atoms with van der Waals surface area (Å²) in [7, 11) is -2.73. The minimum atomic E-state index is -2.73. The third kappa shape index (κ3) is 5.90. The predicted octanol–water partition coefficient (Wildman–Crippen LogP) is 10.8. The Kier molecular flexibility index (Phi) is 8.65. The molecule has 0 bridgehead atoms. The molecular weight excluding hydrogens is 806 g/mol. The molecule has 0 N–H and O–H groups in total. The van der Waals surface area contributed by atoms with E-state index in [1.165, 1.54) is 42.6 Å². The second-order valence-corrected chi connectivity index (χ2v) is 20.9. The number of fused-ring (bicyclic) bond motifs is 7. The van der Waals surface area contributed by atoms with Gasteiger partial charge in [0.2, 0.25) is 0 Å². The highest BCUT2D eigenvalue weighted by Crippen LogP contribution is 2.42. The van der Waals surface area contributed by atoms with E-state index in [1.807, 2.05) is 0 Å². The van der Waals surface area contributed by atoms with Crippen LogP contribution < -0.4 is 41.1 Å². The van der Waals surface area contributed by atoms with Gasteiger partial charge in [0.25, 0.3) is 0 Å². The van der Waals surface area contributed by atoms with Gasteiger partial charge in [-0.05, 0) is 97.1 Å². The Hall–Kier alpha value is -8.12. The SMILES string of the molecule is c1ccc([Si](c2ccccc2)(c2ccccc2)c2cccc(-c3ccc4c(c3)Oc3cc(-c5cccc(-n6c7ccccc7c7ccccc76)c5)cc5c3B4Oc3ccccc3-5)c2)cc1. The molecule has 3 nitrogen and oxygen atoms in total. The topological polar surface area (TPSA) is 23.4 Å². The number of para-hydroxylation sites is 3. The third-order valence-electron chi connectivity index (χ3n) is 13.6. The average molecular weight is 846 g/mol. The van der Waals surface area contributed by atoms with Gasteiger partial charge in [-0.25, -0.2) is 0 Å². The van der Waals surface area contributed by atoms with Crippen LogP contribution in [0.25, 0.3) is 60.9 Å². The summed E-state index contributed by atoms with van der Waals surface area (Å²) in [5, 5.41) is 7.87. The molecule has 2 aliphatic heterocycles. The summed E-state index contributed by atoms with van der Waals surface area (Å²) in [4.78, 5) is 0. The summed E-state index contributed by atoms with van der Waals surface area (Å²) in [5.74, 6) is 2.51. The van der Waals surface area contributed by atoms with Crippen LogP contribution in [0.4, 0.5) is 0 Å². The molecule has 5 heteroatoms. The number of ether oxygens (including phenoxy) is 1. The molecule has 304 valence electrons. The zero-order valence-corrected chi connectivity index (χ0v) is 36.4. The van der Waals surface area contributed by atoms with Crippen molar-refractivity contribution in [3.05, 3.63) is 243 Å². The van der Waals surface area contributed by atoms with Crippen molar-refractivity contribution in [2.24, 2.45) is 0 Å². The maximum atomic E-state index is 7.11. The van der Waals surface area contributed by atoms with Crippen molar-refractivity contribution in [1.29, 1.82) is 0 Å². The van der Waals surface area contributed by atoms with Crippen LogP contribution in [0.15, 0.2) is 243 Å². The van der Waals surface area contributed by atoms with Gasteiger partial charge in [0.1, 0.15) is 17.2 Å². The monoisotopic (exact) mass is 845 g/mol. The van der Waals surface area contributed by atoms with Crippen LogP contribution in [0.3, 0.4) is 0 Å². The summed E-state index contributed by atoms with van der Waals surface area (Å²) < 4.78 is 16.4. The molecule has 11 aromatic rings. The highest BCUT2D eigenvalue weighted by molar-refractivity contribution is 7.19. The Labute approximate surface area is 379 Å². The molecule has 3 heterocycles. The van der Waals surface area contributed by atoms with Crippen LogP contribution in [-0.2, 0) is 0 Å². The van der Waals surface area contributed by atoms with E-state index in [2.05, 4.69) is 247 Å². The number of rotatable bonds is 7. The molecule has 0 saturated carbocycles. The molecule has 65 heavy (non-hydrogen) atoms. The molecule has 13 rings (SSSR count). The molecule has 0 atom stereocenters. The predicted molar refractivity (Wildman–Crippen MR) is 273 cm³/mol. The lowest BCUT2D eigenvalue weighted by Gasteiger charge is -2.35. The Morgan fingerprint density at radius 3 is 1.57 bits per heavy atom. The fourth-order valence-electron chi connectivity index (χ4n) is 10.7. The van der Waals surface area contributed by atoms with Crippen LogP contribution in [0.2, 0.25) is 0 Å². The third-order valence-corrected chi connectivity index (χ3v) is 18.4. The highest BCUT2D eigenvalue weighted by atomic mass is 28.3. The van der Waals surface area contributed by atoms with Gasteiger partial charge in [-0.15, -0.1) is 0 Å². The first kappa shape index (κ1) is 37.4. The molecule has 0 amide bonds. The molecular formula is C60H40BNO2Si. The molecule has 0 unspecified atom stereocenters. The molecule has 0 spiro atoms. The van der Waals surface area contributed by atoms with Gasteiger partial charge in [0, 0.05) is 32.9 Å². The summed E-state index contributed by atoms with van der Waals surface area (Å²) in [6.07, 6.45) is 0. The lowest BCUT2D eigenvalue weighted by molar-refractivity contribution is 0.480. The smallest absolute Gasteiger partial charge is 0.434 e. The molecule has 0 fully saturated rings. The molecule has 2 aliphatic rings. The number of benzene rings is 10. The van der Waals surface area contributed by atoms with E-state index in [0.29, 0.717) is 0 Å². The summed E-state index contributed by atoms with van der Waals surface area (Å²) in [6, 6.07) is 88.4.